The minimum absolute atomic E-state index is 0.126. The Hall–Kier alpha value is -1.35. The second kappa shape index (κ2) is 2.12. The predicted octanol–water partition coefficient (Wildman–Crippen LogP) is 1.51. The van der Waals surface area contributed by atoms with E-state index in [2.05, 4.69) is 16.0 Å². The molecule has 0 bridgehead atoms. The smallest absolute Gasteiger partial charge is 0.0623 e. The van der Waals surface area contributed by atoms with E-state index < -0.39 is 0 Å². The third-order valence-electron chi connectivity index (χ3n) is 2.74. The Balaban J connectivity index is 2.20. The largest absolute Gasteiger partial charge is 0.361 e. The summed E-state index contributed by atoms with van der Waals surface area (Å²) in [6, 6.07) is 4.07. The molecule has 1 saturated carbocycles. The van der Waals surface area contributed by atoms with Crippen molar-refractivity contribution in [3.8, 4) is 0 Å². The summed E-state index contributed by atoms with van der Waals surface area (Å²) in [4.78, 5) is 7.53. The van der Waals surface area contributed by atoms with Crippen LogP contribution in [0.25, 0.3) is 10.9 Å². The molecule has 3 nitrogen and oxygen atoms in total. The molecule has 66 valence electrons. The Morgan fingerprint density at radius 2 is 2.31 bits per heavy atom. The highest BCUT2D eigenvalue weighted by atomic mass is 14.9. The number of hydrogen-bond donors (Lipinski definition) is 2. The predicted molar refractivity (Wildman–Crippen MR) is 51.2 cm³/mol. The van der Waals surface area contributed by atoms with E-state index in [0.29, 0.717) is 0 Å². The lowest BCUT2D eigenvalue weighted by Gasteiger charge is -2.06. The van der Waals surface area contributed by atoms with Crippen LogP contribution in [0, 0.1) is 0 Å². The van der Waals surface area contributed by atoms with Crippen molar-refractivity contribution < 1.29 is 0 Å². The van der Waals surface area contributed by atoms with Gasteiger partial charge in [-0.3, -0.25) is 4.98 Å². The summed E-state index contributed by atoms with van der Waals surface area (Å²) >= 11 is 0. The van der Waals surface area contributed by atoms with Gasteiger partial charge >= 0.3 is 0 Å². The zero-order valence-electron chi connectivity index (χ0n) is 7.25. The number of aromatic amines is 1. The number of nitrogens with zero attached hydrogens (tertiary/aromatic N) is 1. The molecule has 1 aliphatic rings. The molecule has 0 saturated heterocycles. The molecule has 2 aromatic rings. The van der Waals surface area contributed by atoms with E-state index in [1.54, 1.807) is 0 Å². The van der Waals surface area contributed by atoms with Crippen LogP contribution in [0.2, 0.25) is 0 Å². The first-order chi connectivity index (χ1) is 6.28. The third kappa shape index (κ3) is 0.971. The lowest BCUT2D eigenvalue weighted by atomic mass is 10.1. The Kier molecular flexibility index (Phi) is 1.15. The average Bonchev–Trinajstić information content (AvgIpc) is 2.74. The molecule has 0 unspecified atom stereocenters. The molecule has 3 N–H and O–H groups in total. The standard InChI is InChI=1S/C10H11N3/c11-10(2-3-10)9-5-8-7(6-13-9)1-4-12-8/h1,4-6,12H,2-3,11H2. The highest BCUT2D eigenvalue weighted by molar-refractivity contribution is 5.78. The summed E-state index contributed by atoms with van der Waals surface area (Å²) in [7, 11) is 0. The van der Waals surface area contributed by atoms with Crippen molar-refractivity contribution in [3.63, 3.8) is 0 Å². The molecule has 0 atom stereocenters. The van der Waals surface area contributed by atoms with Gasteiger partial charge in [-0.05, 0) is 25.0 Å². The zero-order valence-corrected chi connectivity index (χ0v) is 7.25. The molecule has 1 fully saturated rings. The summed E-state index contributed by atoms with van der Waals surface area (Å²) in [6.07, 6.45) is 5.93. The monoisotopic (exact) mass is 173 g/mol. The second-order valence-corrected chi connectivity index (χ2v) is 3.79. The van der Waals surface area contributed by atoms with Gasteiger partial charge < -0.3 is 10.7 Å². The van der Waals surface area contributed by atoms with Crippen molar-refractivity contribution in [2.24, 2.45) is 5.73 Å². The highest BCUT2D eigenvalue weighted by Gasteiger charge is 2.41. The van der Waals surface area contributed by atoms with Crippen molar-refractivity contribution in [3.05, 3.63) is 30.2 Å². The van der Waals surface area contributed by atoms with Gasteiger partial charge in [-0.1, -0.05) is 0 Å². The van der Waals surface area contributed by atoms with Crippen molar-refractivity contribution in [1.29, 1.82) is 0 Å². The van der Waals surface area contributed by atoms with Crippen molar-refractivity contribution in [1.82, 2.24) is 9.97 Å². The van der Waals surface area contributed by atoms with Crippen LogP contribution in [0.3, 0.4) is 0 Å². The average molecular weight is 173 g/mol. The summed E-state index contributed by atoms with van der Waals surface area (Å²) in [5, 5.41) is 1.15. The fraction of sp³-hybridized carbons (Fsp3) is 0.300. The van der Waals surface area contributed by atoms with Crippen LogP contribution < -0.4 is 5.73 Å². The molecule has 1 aliphatic carbocycles. The van der Waals surface area contributed by atoms with Crippen LogP contribution in [-0.2, 0) is 5.54 Å². The van der Waals surface area contributed by atoms with Crippen molar-refractivity contribution in [2.45, 2.75) is 18.4 Å². The Morgan fingerprint density at radius 1 is 1.46 bits per heavy atom. The normalized spacial score (nSPS) is 19.2. The van der Waals surface area contributed by atoms with E-state index in [1.807, 2.05) is 18.5 Å². The van der Waals surface area contributed by atoms with Gasteiger partial charge in [0.15, 0.2) is 0 Å². The minimum atomic E-state index is -0.126. The molecule has 0 amide bonds. The number of nitrogens with two attached hydrogens (primary N) is 1. The minimum Gasteiger partial charge on any atom is -0.361 e. The zero-order chi connectivity index (χ0) is 8.89. The van der Waals surface area contributed by atoms with E-state index in [1.165, 1.54) is 0 Å². The van der Waals surface area contributed by atoms with Crippen LogP contribution in [0.4, 0.5) is 0 Å². The van der Waals surface area contributed by atoms with E-state index in [0.717, 1.165) is 29.4 Å². The summed E-state index contributed by atoms with van der Waals surface area (Å²) in [5.74, 6) is 0. The van der Waals surface area contributed by atoms with Crippen LogP contribution in [0.5, 0.6) is 0 Å². The molecule has 13 heavy (non-hydrogen) atoms. The maximum absolute atomic E-state index is 6.05. The number of hydrogen-bond acceptors (Lipinski definition) is 2. The van der Waals surface area contributed by atoms with Gasteiger partial charge in [0, 0.05) is 23.3 Å². The quantitative estimate of drug-likeness (QED) is 0.686. The van der Waals surface area contributed by atoms with Gasteiger partial charge in [-0.15, -0.1) is 0 Å². The number of rotatable bonds is 1. The summed E-state index contributed by atoms with van der Waals surface area (Å²) in [5.41, 5.74) is 8.07. The SMILES string of the molecule is NC1(c2cc3[nH]ccc3cn2)CC1. The molecule has 3 heteroatoms. The summed E-state index contributed by atoms with van der Waals surface area (Å²) < 4.78 is 0. The summed E-state index contributed by atoms with van der Waals surface area (Å²) in [6.45, 7) is 0. The molecular formula is C10H11N3. The number of nitrogens with one attached hydrogen (secondary N) is 1. The van der Waals surface area contributed by atoms with Crippen LogP contribution >= 0.6 is 0 Å². The number of fused-ring (bicyclic) bond motifs is 1. The first kappa shape index (κ1) is 7.09. The van der Waals surface area contributed by atoms with Gasteiger partial charge in [-0.25, -0.2) is 0 Å². The Labute approximate surface area is 76.0 Å². The molecule has 2 heterocycles. The molecule has 0 radical (unpaired) electrons. The maximum Gasteiger partial charge on any atom is 0.0623 e. The van der Waals surface area contributed by atoms with Gasteiger partial charge in [0.1, 0.15) is 0 Å². The van der Waals surface area contributed by atoms with E-state index in [-0.39, 0.29) is 5.54 Å². The fourth-order valence-corrected chi connectivity index (χ4v) is 1.61. The first-order valence-corrected chi connectivity index (χ1v) is 4.50. The second-order valence-electron chi connectivity index (χ2n) is 3.79. The molecule has 0 spiro atoms. The van der Waals surface area contributed by atoms with Crippen LogP contribution in [0.15, 0.2) is 24.5 Å². The van der Waals surface area contributed by atoms with Gasteiger partial charge in [0.25, 0.3) is 0 Å². The van der Waals surface area contributed by atoms with Gasteiger partial charge in [-0.2, -0.15) is 0 Å². The lowest BCUT2D eigenvalue weighted by Crippen LogP contribution is -2.19. The molecule has 0 aliphatic heterocycles. The fourth-order valence-electron chi connectivity index (χ4n) is 1.61. The molecule has 3 rings (SSSR count). The third-order valence-corrected chi connectivity index (χ3v) is 2.74. The lowest BCUT2D eigenvalue weighted by molar-refractivity contribution is 0.710. The Bertz CT molecular complexity index is 454. The Morgan fingerprint density at radius 3 is 3.08 bits per heavy atom. The van der Waals surface area contributed by atoms with Crippen LogP contribution in [-0.4, -0.2) is 9.97 Å². The highest BCUT2D eigenvalue weighted by Crippen LogP contribution is 2.41. The molecule has 2 aromatic heterocycles. The van der Waals surface area contributed by atoms with Crippen molar-refractivity contribution >= 4 is 10.9 Å². The van der Waals surface area contributed by atoms with E-state index in [9.17, 15) is 0 Å². The van der Waals surface area contributed by atoms with E-state index >= 15 is 0 Å². The maximum atomic E-state index is 6.05. The first-order valence-electron chi connectivity index (χ1n) is 4.50. The number of H-pyrrole nitrogens is 1. The number of pyridine rings is 1. The molecule has 0 aromatic carbocycles. The topological polar surface area (TPSA) is 54.7 Å². The van der Waals surface area contributed by atoms with Gasteiger partial charge in [0.05, 0.1) is 11.2 Å². The molecular weight excluding hydrogens is 162 g/mol. The van der Waals surface area contributed by atoms with Gasteiger partial charge in [0.2, 0.25) is 0 Å². The van der Waals surface area contributed by atoms with Crippen LogP contribution in [0.1, 0.15) is 18.5 Å². The van der Waals surface area contributed by atoms with E-state index in [4.69, 9.17) is 5.73 Å². The van der Waals surface area contributed by atoms with Crippen molar-refractivity contribution in [2.75, 3.05) is 0 Å². The number of aromatic nitrogens is 2.